The molecule has 0 bridgehead atoms. The minimum Gasteiger partial charge on any atom is -0.494 e. The van der Waals surface area contributed by atoms with E-state index in [1.807, 2.05) is 55.5 Å². The van der Waals surface area contributed by atoms with Gasteiger partial charge in [-0.1, -0.05) is 31.2 Å². The lowest BCUT2D eigenvalue weighted by Crippen LogP contribution is -2.30. The molecule has 1 heterocycles. The fourth-order valence-corrected chi connectivity index (χ4v) is 3.12. The summed E-state index contributed by atoms with van der Waals surface area (Å²) in [4.78, 5) is 26.3. The van der Waals surface area contributed by atoms with Crippen LogP contribution in [0, 0.1) is 5.92 Å². The lowest BCUT2D eigenvalue weighted by Gasteiger charge is -2.17. The van der Waals surface area contributed by atoms with Crippen LogP contribution in [0.5, 0.6) is 5.75 Å². The van der Waals surface area contributed by atoms with E-state index in [4.69, 9.17) is 4.74 Å². The normalized spacial score (nSPS) is 16.6. The van der Waals surface area contributed by atoms with Crippen LogP contribution in [0.25, 0.3) is 0 Å². The van der Waals surface area contributed by atoms with Gasteiger partial charge in [-0.2, -0.15) is 5.10 Å². The van der Waals surface area contributed by atoms with Crippen molar-refractivity contribution in [3.8, 4) is 5.75 Å². The number of benzene rings is 2. The number of hydrogen-bond donors (Lipinski definition) is 1. The number of carbonyl (C=O) groups excluding carboxylic acids is 2. The van der Waals surface area contributed by atoms with Crippen LogP contribution in [0.1, 0.15) is 31.4 Å². The highest BCUT2D eigenvalue weighted by Crippen LogP contribution is 2.27. The maximum atomic E-state index is 12.4. The van der Waals surface area contributed by atoms with Crippen LogP contribution in [0.15, 0.2) is 53.6 Å². The molecule has 0 aromatic heterocycles. The van der Waals surface area contributed by atoms with Crippen LogP contribution in [-0.2, 0) is 16.0 Å². The van der Waals surface area contributed by atoms with Gasteiger partial charge in [-0.05, 0) is 48.7 Å². The second-order valence-corrected chi connectivity index (χ2v) is 6.66. The Kier molecular flexibility index (Phi) is 6.42. The molecule has 146 valence electrons. The highest BCUT2D eigenvalue weighted by atomic mass is 16.5. The molecule has 28 heavy (non-hydrogen) atoms. The maximum Gasteiger partial charge on any atom is 0.245 e. The minimum atomic E-state index is -0.418. The number of aryl methyl sites for hydroxylation is 1. The summed E-state index contributed by atoms with van der Waals surface area (Å²) in [5, 5.41) is 4.03. The molecule has 0 aliphatic carbocycles. The zero-order chi connectivity index (χ0) is 19.9. The molecule has 1 saturated heterocycles. The van der Waals surface area contributed by atoms with Gasteiger partial charge in [-0.3, -0.25) is 9.59 Å². The lowest BCUT2D eigenvalue weighted by atomic mass is 10.1. The van der Waals surface area contributed by atoms with Crippen molar-refractivity contribution in [3.05, 3.63) is 59.7 Å². The first-order chi connectivity index (χ1) is 13.6. The van der Waals surface area contributed by atoms with Crippen LogP contribution in [0.3, 0.4) is 0 Å². The Morgan fingerprint density at radius 3 is 2.54 bits per heavy atom. The van der Waals surface area contributed by atoms with E-state index in [0.717, 1.165) is 23.4 Å². The van der Waals surface area contributed by atoms with Gasteiger partial charge in [-0.25, -0.2) is 5.43 Å². The molecule has 6 heteroatoms. The van der Waals surface area contributed by atoms with Crippen molar-refractivity contribution < 1.29 is 14.3 Å². The summed E-state index contributed by atoms with van der Waals surface area (Å²) in [5.74, 6) is 0.0267. The molecule has 3 rings (SSSR count). The highest BCUT2D eigenvalue weighted by molar-refractivity contribution is 6.00. The fourth-order valence-electron chi connectivity index (χ4n) is 3.12. The van der Waals surface area contributed by atoms with E-state index in [2.05, 4.69) is 17.5 Å². The summed E-state index contributed by atoms with van der Waals surface area (Å²) in [5.41, 5.74) is 5.48. The molecule has 1 aliphatic rings. The molecule has 2 aromatic rings. The third kappa shape index (κ3) is 4.76. The summed E-state index contributed by atoms with van der Waals surface area (Å²) >= 11 is 0. The van der Waals surface area contributed by atoms with Crippen molar-refractivity contribution >= 4 is 23.7 Å². The van der Waals surface area contributed by atoms with Crippen LogP contribution in [0.4, 0.5) is 5.69 Å². The van der Waals surface area contributed by atoms with Gasteiger partial charge >= 0.3 is 0 Å². The average Bonchev–Trinajstić information content (AvgIpc) is 3.11. The zero-order valence-corrected chi connectivity index (χ0v) is 16.2. The fraction of sp³-hybridized carbons (Fsp3) is 0.318. The number of nitrogens with one attached hydrogen (secondary N) is 1. The second-order valence-electron chi connectivity index (χ2n) is 6.66. The first-order valence-electron chi connectivity index (χ1n) is 9.55. The number of hydrazone groups is 1. The average molecular weight is 379 g/mol. The van der Waals surface area contributed by atoms with Gasteiger partial charge in [0.25, 0.3) is 0 Å². The van der Waals surface area contributed by atoms with Gasteiger partial charge in [0.15, 0.2) is 0 Å². The Balaban J connectivity index is 1.56. The number of rotatable bonds is 7. The number of amides is 2. The van der Waals surface area contributed by atoms with Crippen molar-refractivity contribution in [2.45, 2.75) is 26.7 Å². The Morgan fingerprint density at radius 2 is 1.89 bits per heavy atom. The molecule has 6 nitrogen and oxygen atoms in total. The van der Waals surface area contributed by atoms with E-state index in [9.17, 15) is 9.59 Å². The van der Waals surface area contributed by atoms with E-state index in [0.29, 0.717) is 13.2 Å². The first kappa shape index (κ1) is 19.6. The largest absolute Gasteiger partial charge is 0.494 e. The Bertz CT molecular complexity index is 844. The van der Waals surface area contributed by atoms with E-state index >= 15 is 0 Å². The molecule has 0 unspecified atom stereocenters. The molecule has 0 spiro atoms. The first-order valence-corrected chi connectivity index (χ1v) is 9.55. The smallest absolute Gasteiger partial charge is 0.245 e. The number of ether oxygens (including phenoxy) is 1. The van der Waals surface area contributed by atoms with Crippen molar-refractivity contribution in [1.29, 1.82) is 0 Å². The van der Waals surface area contributed by atoms with E-state index in [-0.39, 0.29) is 18.2 Å². The van der Waals surface area contributed by atoms with Crippen molar-refractivity contribution in [1.82, 2.24) is 5.43 Å². The lowest BCUT2D eigenvalue weighted by molar-refractivity contribution is -0.126. The van der Waals surface area contributed by atoms with Crippen LogP contribution in [-0.4, -0.2) is 31.2 Å². The quantitative estimate of drug-likeness (QED) is 0.593. The number of nitrogens with zero attached hydrogens (tertiary/aromatic N) is 2. The molecule has 1 aliphatic heterocycles. The van der Waals surface area contributed by atoms with E-state index in [1.165, 1.54) is 5.56 Å². The molecule has 0 saturated carbocycles. The molecule has 2 amide bonds. The maximum absolute atomic E-state index is 12.4. The predicted molar refractivity (Wildman–Crippen MR) is 110 cm³/mol. The molecular weight excluding hydrogens is 354 g/mol. The van der Waals surface area contributed by atoms with Gasteiger partial charge in [0, 0.05) is 18.7 Å². The topological polar surface area (TPSA) is 71.0 Å². The Labute approximate surface area is 165 Å². The molecule has 2 aromatic carbocycles. The van der Waals surface area contributed by atoms with Crippen LogP contribution >= 0.6 is 0 Å². The Hall–Kier alpha value is -3.15. The number of anilines is 1. The van der Waals surface area contributed by atoms with Gasteiger partial charge in [0.05, 0.1) is 18.7 Å². The summed E-state index contributed by atoms with van der Waals surface area (Å²) in [6, 6.07) is 15.3. The highest BCUT2D eigenvalue weighted by Gasteiger charge is 2.35. The monoisotopic (exact) mass is 379 g/mol. The molecule has 1 atom stereocenters. The van der Waals surface area contributed by atoms with Crippen molar-refractivity contribution in [2.75, 3.05) is 18.1 Å². The number of hydrogen-bond acceptors (Lipinski definition) is 4. The molecule has 0 radical (unpaired) electrons. The summed E-state index contributed by atoms with van der Waals surface area (Å²) < 4.78 is 5.42. The summed E-state index contributed by atoms with van der Waals surface area (Å²) in [6.45, 7) is 4.96. The van der Waals surface area contributed by atoms with Crippen LogP contribution < -0.4 is 15.1 Å². The van der Waals surface area contributed by atoms with Gasteiger partial charge in [0.1, 0.15) is 5.75 Å². The summed E-state index contributed by atoms with van der Waals surface area (Å²) in [6.07, 6.45) is 2.77. The van der Waals surface area contributed by atoms with Gasteiger partial charge in [-0.15, -0.1) is 0 Å². The zero-order valence-electron chi connectivity index (χ0n) is 16.2. The SMILES string of the molecule is CCOc1ccc(N2C[C@@H](C(=O)N/N=C\c3ccc(CC)cc3)CC2=O)cc1. The third-order valence-electron chi connectivity index (χ3n) is 4.73. The van der Waals surface area contributed by atoms with Gasteiger partial charge < -0.3 is 9.64 Å². The third-order valence-corrected chi connectivity index (χ3v) is 4.73. The summed E-state index contributed by atoms with van der Waals surface area (Å²) in [7, 11) is 0. The molecular formula is C22H25N3O3. The predicted octanol–water partition coefficient (Wildman–Crippen LogP) is 3.15. The van der Waals surface area contributed by atoms with E-state index in [1.54, 1.807) is 11.1 Å². The van der Waals surface area contributed by atoms with Crippen molar-refractivity contribution in [2.24, 2.45) is 11.0 Å². The minimum absolute atomic E-state index is 0.0663. The standard InChI is InChI=1S/C22H25N3O3/c1-3-16-5-7-17(8-6-16)14-23-24-22(27)18-13-21(26)25(15-18)19-9-11-20(12-10-19)28-4-2/h5-12,14,18H,3-4,13,15H2,1-2H3,(H,24,27)/b23-14-/t18-/m0/s1. The van der Waals surface area contributed by atoms with Crippen LogP contribution in [0.2, 0.25) is 0 Å². The van der Waals surface area contributed by atoms with Gasteiger partial charge in [0.2, 0.25) is 11.8 Å². The van der Waals surface area contributed by atoms with Crippen molar-refractivity contribution in [3.63, 3.8) is 0 Å². The Morgan fingerprint density at radius 1 is 1.18 bits per heavy atom. The molecule has 1 N–H and O–H groups in total. The molecule has 1 fully saturated rings. The van der Waals surface area contributed by atoms with E-state index < -0.39 is 5.92 Å². The second kappa shape index (κ2) is 9.17. The number of carbonyl (C=O) groups is 2.